The molecular formula is C4H6F2S. The van der Waals surface area contributed by atoms with Crippen LogP contribution in [0.1, 0.15) is 6.92 Å². The Labute approximate surface area is 46.6 Å². The minimum atomic E-state index is -1.66. The molecule has 3 heteroatoms. The van der Waals surface area contributed by atoms with Gasteiger partial charge in [0.1, 0.15) is 0 Å². The summed E-state index contributed by atoms with van der Waals surface area (Å²) < 4.78 is 22.2. The zero-order valence-corrected chi connectivity index (χ0v) is 4.75. The summed E-state index contributed by atoms with van der Waals surface area (Å²) in [6.07, 6.45) is -0.883. The van der Waals surface area contributed by atoms with Crippen molar-refractivity contribution < 1.29 is 8.78 Å². The summed E-state index contributed by atoms with van der Waals surface area (Å²) in [7, 11) is 0. The largest absolute Gasteiger partial charge is 0.267 e. The summed E-state index contributed by atoms with van der Waals surface area (Å²) in [4.78, 5) is 0. The zero-order valence-electron chi connectivity index (χ0n) is 3.86. The minimum Gasteiger partial charge on any atom is -0.174 e. The lowest BCUT2D eigenvalue weighted by molar-refractivity contribution is 0.418. The number of halogens is 2. The van der Waals surface area contributed by atoms with Crippen molar-refractivity contribution in [2.75, 3.05) is 0 Å². The van der Waals surface area contributed by atoms with Gasteiger partial charge in [-0.1, -0.05) is 0 Å². The maximum absolute atomic E-state index is 11.1. The standard InChI is InChI=1S/C4H6F2S/c1-3(7)2-4(5)6/h2-3,7H,1H3. The highest BCUT2D eigenvalue weighted by molar-refractivity contribution is 7.81. The van der Waals surface area contributed by atoms with Crippen LogP contribution in [0.5, 0.6) is 0 Å². The molecular weight excluding hydrogens is 118 g/mol. The summed E-state index contributed by atoms with van der Waals surface area (Å²) in [6.45, 7) is 1.57. The van der Waals surface area contributed by atoms with Crippen LogP contribution in [0.2, 0.25) is 0 Å². The lowest BCUT2D eigenvalue weighted by Crippen LogP contribution is -1.80. The van der Waals surface area contributed by atoms with E-state index in [1.807, 2.05) is 0 Å². The smallest absolute Gasteiger partial charge is 0.174 e. The average molecular weight is 124 g/mol. The molecule has 7 heavy (non-hydrogen) atoms. The van der Waals surface area contributed by atoms with E-state index >= 15 is 0 Å². The maximum Gasteiger partial charge on any atom is 0.267 e. The topological polar surface area (TPSA) is 0 Å². The molecule has 0 amide bonds. The predicted octanol–water partition coefficient (Wildman–Crippen LogP) is 2.09. The van der Waals surface area contributed by atoms with Crippen molar-refractivity contribution in [3.05, 3.63) is 12.2 Å². The van der Waals surface area contributed by atoms with E-state index in [4.69, 9.17) is 0 Å². The molecule has 0 aliphatic heterocycles. The molecule has 0 nitrogen and oxygen atoms in total. The third-order valence-corrected chi connectivity index (χ3v) is 0.516. The van der Waals surface area contributed by atoms with Crippen LogP contribution < -0.4 is 0 Å². The van der Waals surface area contributed by atoms with E-state index in [9.17, 15) is 8.78 Å². The second-order valence-corrected chi connectivity index (χ2v) is 2.01. The van der Waals surface area contributed by atoms with E-state index in [-0.39, 0.29) is 5.25 Å². The van der Waals surface area contributed by atoms with Crippen LogP contribution in [0, 0.1) is 0 Å². The summed E-state index contributed by atoms with van der Waals surface area (Å²) in [5, 5.41) is -0.343. The first-order valence-electron chi connectivity index (χ1n) is 1.84. The third-order valence-electron chi connectivity index (χ3n) is 0.367. The number of rotatable bonds is 1. The van der Waals surface area contributed by atoms with Gasteiger partial charge in [-0.25, -0.2) is 0 Å². The van der Waals surface area contributed by atoms with Crippen molar-refractivity contribution in [3.8, 4) is 0 Å². The Hall–Kier alpha value is -0.0500. The van der Waals surface area contributed by atoms with Gasteiger partial charge in [0.15, 0.2) is 0 Å². The van der Waals surface area contributed by atoms with Crippen molar-refractivity contribution in [2.24, 2.45) is 0 Å². The Balaban J connectivity index is 3.45. The summed E-state index contributed by atoms with van der Waals surface area (Å²) in [6, 6.07) is 0. The molecule has 0 aliphatic rings. The van der Waals surface area contributed by atoms with Gasteiger partial charge >= 0.3 is 0 Å². The lowest BCUT2D eigenvalue weighted by Gasteiger charge is -1.87. The summed E-state index contributed by atoms with van der Waals surface area (Å²) in [5.74, 6) is 0. The van der Waals surface area contributed by atoms with Crippen LogP contribution in [-0.4, -0.2) is 5.25 Å². The Morgan fingerprint density at radius 2 is 2.14 bits per heavy atom. The Morgan fingerprint density at radius 3 is 2.14 bits per heavy atom. The summed E-state index contributed by atoms with van der Waals surface area (Å²) >= 11 is 3.68. The number of hydrogen-bond acceptors (Lipinski definition) is 1. The Bertz CT molecular complexity index is 73.8. The predicted molar refractivity (Wildman–Crippen MR) is 28.7 cm³/mol. The second-order valence-electron chi connectivity index (χ2n) is 1.20. The normalized spacial score (nSPS) is 13.1. The van der Waals surface area contributed by atoms with Crippen molar-refractivity contribution in [1.29, 1.82) is 0 Å². The average Bonchev–Trinajstić information content (AvgIpc) is 1.27. The van der Waals surface area contributed by atoms with E-state index in [2.05, 4.69) is 12.6 Å². The van der Waals surface area contributed by atoms with Crippen LogP contribution >= 0.6 is 12.6 Å². The molecule has 0 radical (unpaired) electrons. The van der Waals surface area contributed by atoms with Gasteiger partial charge in [0.05, 0.1) is 0 Å². The SMILES string of the molecule is CC(S)C=C(F)F. The maximum atomic E-state index is 11.1. The first kappa shape index (κ1) is 6.95. The second kappa shape index (κ2) is 3.02. The van der Waals surface area contributed by atoms with E-state index in [1.165, 1.54) is 0 Å². The first-order valence-corrected chi connectivity index (χ1v) is 2.35. The fourth-order valence-corrected chi connectivity index (χ4v) is 0.295. The molecule has 0 fully saturated rings. The van der Waals surface area contributed by atoms with E-state index in [1.54, 1.807) is 6.92 Å². The molecule has 0 aliphatic carbocycles. The zero-order chi connectivity index (χ0) is 5.86. The number of thiol groups is 1. The van der Waals surface area contributed by atoms with Gasteiger partial charge in [0, 0.05) is 5.25 Å². The summed E-state index contributed by atoms with van der Waals surface area (Å²) in [5.41, 5.74) is 0. The lowest BCUT2D eigenvalue weighted by atomic mass is 10.5. The molecule has 1 unspecified atom stereocenters. The van der Waals surface area contributed by atoms with E-state index < -0.39 is 6.08 Å². The van der Waals surface area contributed by atoms with Crippen molar-refractivity contribution in [3.63, 3.8) is 0 Å². The highest BCUT2D eigenvalue weighted by Gasteiger charge is 1.90. The Kier molecular flexibility index (Phi) is 3.00. The third kappa shape index (κ3) is 5.95. The molecule has 0 aromatic carbocycles. The molecule has 0 heterocycles. The molecule has 0 spiro atoms. The van der Waals surface area contributed by atoms with Gasteiger partial charge in [-0.05, 0) is 13.0 Å². The van der Waals surface area contributed by atoms with Crippen LogP contribution in [-0.2, 0) is 0 Å². The number of hydrogen-bond donors (Lipinski definition) is 1. The molecule has 0 saturated carbocycles. The van der Waals surface area contributed by atoms with Crippen molar-refractivity contribution in [1.82, 2.24) is 0 Å². The van der Waals surface area contributed by atoms with Gasteiger partial charge in [-0.15, -0.1) is 0 Å². The molecule has 0 rings (SSSR count). The molecule has 1 atom stereocenters. The van der Waals surface area contributed by atoms with Crippen LogP contribution in [0.25, 0.3) is 0 Å². The quantitative estimate of drug-likeness (QED) is 0.508. The monoisotopic (exact) mass is 124 g/mol. The first-order chi connectivity index (χ1) is 3.13. The van der Waals surface area contributed by atoms with Crippen LogP contribution in [0.3, 0.4) is 0 Å². The Morgan fingerprint density at radius 1 is 1.71 bits per heavy atom. The van der Waals surface area contributed by atoms with Crippen molar-refractivity contribution in [2.45, 2.75) is 12.2 Å². The van der Waals surface area contributed by atoms with Gasteiger partial charge in [-0.3, -0.25) is 0 Å². The fraction of sp³-hybridized carbons (Fsp3) is 0.500. The van der Waals surface area contributed by atoms with Gasteiger partial charge < -0.3 is 0 Å². The minimum absolute atomic E-state index is 0.343. The fourth-order valence-electron chi connectivity index (χ4n) is 0.182. The molecule has 0 aromatic heterocycles. The molecule has 42 valence electrons. The van der Waals surface area contributed by atoms with E-state index in [0.29, 0.717) is 0 Å². The molecule has 0 N–H and O–H groups in total. The van der Waals surface area contributed by atoms with Gasteiger partial charge in [0.2, 0.25) is 0 Å². The van der Waals surface area contributed by atoms with Gasteiger partial charge in [0.25, 0.3) is 6.08 Å². The van der Waals surface area contributed by atoms with Crippen LogP contribution in [0.15, 0.2) is 12.2 Å². The van der Waals surface area contributed by atoms with E-state index in [0.717, 1.165) is 6.08 Å². The van der Waals surface area contributed by atoms with Crippen LogP contribution in [0.4, 0.5) is 8.78 Å². The highest BCUT2D eigenvalue weighted by atomic mass is 32.1. The highest BCUT2D eigenvalue weighted by Crippen LogP contribution is 2.02. The molecule has 0 aromatic rings. The van der Waals surface area contributed by atoms with Crippen molar-refractivity contribution >= 4 is 12.6 Å². The molecule has 0 saturated heterocycles. The van der Waals surface area contributed by atoms with Gasteiger partial charge in [-0.2, -0.15) is 21.4 Å². The molecule has 0 bridgehead atoms.